The number of fused-ring (bicyclic) bond motifs is 6. The van der Waals surface area contributed by atoms with Gasteiger partial charge in [-0.3, -0.25) is 19.8 Å². The van der Waals surface area contributed by atoms with Crippen LogP contribution < -0.4 is 15.4 Å². The molecule has 0 radical (unpaired) electrons. The second kappa shape index (κ2) is 17.7. The van der Waals surface area contributed by atoms with Crippen LogP contribution in [-0.4, -0.2) is 32.0 Å². The fraction of sp³-hybridized carbons (Fsp3) is 0.125. The van der Waals surface area contributed by atoms with Gasteiger partial charge in [0.1, 0.15) is 34.6 Å². The van der Waals surface area contributed by atoms with E-state index in [2.05, 4.69) is 49.9 Å². The Labute approximate surface area is 366 Å². The Morgan fingerprint density at radius 3 is 1.56 bits per heavy atom. The maximum Gasteiger partial charge on any atom is 0.284 e. The Morgan fingerprint density at radius 1 is 0.587 bits per heavy atom. The average molecular weight is 884 g/mol. The van der Waals surface area contributed by atoms with Gasteiger partial charge < -0.3 is 10.6 Å². The molecule has 0 spiro atoms. The first-order valence-electron chi connectivity index (χ1n) is 20.0. The maximum absolute atomic E-state index is 13.9. The molecular formula is C48H35F4N6O3S2+. The lowest BCUT2D eigenvalue weighted by molar-refractivity contribution is -0.904. The third-order valence-electron chi connectivity index (χ3n) is 10.7. The van der Waals surface area contributed by atoms with Crippen molar-refractivity contribution >= 4 is 45.9 Å². The van der Waals surface area contributed by atoms with E-state index in [0.717, 1.165) is 121 Å². The largest absolute Gasteiger partial charge is 0.315 e. The summed E-state index contributed by atoms with van der Waals surface area (Å²) in [7, 11) is 0. The first kappa shape index (κ1) is 41.3. The second-order valence-corrected chi connectivity index (χ2v) is 16.9. The predicted octanol–water partition coefficient (Wildman–Crippen LogP) is 10.9. The van der Waals surface area contributed by atoms with Gasteiger partial charge in [0.25, 0.3) is 11.8 Å². The minimum atomic E-state index is -0.838. The van der Waals surface area contributed by atoms with Gasteiger partial charge in [0.2, 0.25) is 12.4 Å². The predicted molar refractivity (Wildman–Crippen MR) is 234 cm³/mol. The number of aryl methyl sites for hydroxylation is 4. The monoisotopic (exact) mass is 883 g/mol. The van der Waals surface area contributed by atoms with Gasteiger partial charge in [0.15, 0.2) is 10.0 Å². The number of hydrogen-bond donors (Lipinski definition) is 3. The van der Waals surface area contributed by atoms with Crippen LogP contribution >= 0.6 is 22.7 Å². The molecule has 314 valence electrons. The van der Waals surface area contributed by atoms with Crippen LogP contribution in [0.1, 0.15) is 55.0 Å². The van der Waals surface area contributed by atoms with Crippen LogP contribution in [0.25, 0.3) is 43.1 Å². The highest BCUT2D eigenvalue weighted by atomic mass is 32.1. The van der Waals surface area contributed by atoms with Crippen molar-refractivity contribution < 1.29 is 37.1 Å². The number of hydrogen-bond acceptors (Lipinski definition) is 8. The normalized spacial score (nSPS) is 12.6. The van der Waals surface area contributed by atoms with Crippen molar-refractivity contribution in [2.45, 2.75) is 38.5 Å². The van der Waals surface area contributed by atoms with Crippen LogP contribution in [0.3, 0.4) is 0 Å². The van der Waals surface area contributed by atoms with Gasteiger partial charge in [0, 0.05) is 28.8 Å². The molecule has 0 unspecified atom stereocenters. The molecule has 3 N–H and O–H groups in total. The number of thiazole rings is 2. The van der Waals surface area contributed by atoms with Crippen LogP contribution in [0.2, 0.25) is 0 Å². The zero-order valence-electron chi connectivity index (χ0n) is 33.2. The minimum absolute atomic E-state index is 0.156. The number of para-hydroxylation sites is 2. The van der Waals surface area contributed by atoms with Gasteiger partial charge in [-0.15, -0.1) is 22.7 Å². The van der Waals surface area contributed by atoms with Gasteiger partial charge >= 0.3 is 0 Å². The average Bonchev–Trinajstić information content (AvgIpc) is 3.83. The summed E-state index contributed by atoms with van der Waals surface area (Å²) in [5.74, 6) is -4.58. The maximum atomic E-state index is 13.9. The Balaban J connectivity index is 0.000000160. The Kier molecular flexibility index (Phi) is 11.6. The van der Waals surface area contributed by atoms with Crippen molar-refractivity contribution in [1.29, 1.82) is 0 Å². The first-order valence-corrected chi connectivity index (χ1v) is 21.6. The lowest BCUT2D eigenvalue weighted by Gasteiger charge is -2.09. The molecule has 0 aliphatic heterocycles. The number of anilines is 2. The Morgan fingerprint density at radius 2 is 1.08 bits per heavy atom. The number of aromatic nitrogens is 4. The van der Waals surface area contributed by atoms with Crippen molar-refractivity contribution in [1.82, 2.24) is 15.0 Å². The molecule has 10 rings (SSSR count). The standard InChI is InChI=1S/C24H17F2N3O2S.C24H17F2N3OS/c25-18-6-2-7-19(26)21(18)28-23(30)24-27-20-8-1-4-14-9-10-15(12-17(14)22(20)32-24)16-5-3-11-29(31)13-16;25-18-6-2-7-19(26)21(18)29-23(30)24-28-20-8-1-4-14-9-10-15(12-17(14)22(20)31-24)16-5-3-11-27-13-16/h2-3,5-7,9-13H,1,4,8H2,(H-,28,30,31);2-3,5-7,9-13H,1,4,8H2,(H,29,30)/p+1. The highest BCUT2D eigenvalue weighted by Crippen LogP contribution is 2.41. The summed E-state index contributed by atoms with van der Waals surface area (Å²) in [5, 5.41) is 14.7. The molecule has 9 nitrogen and oxygen atoms in total. The molecular weight excluding hydrogens is 849 g/mol. The van der Waals surface area contributed by atoms with Crippen LogP contribution in [0, 0.1) is 23.3 Å². The van der Waals surface area contributed by atoms with Crippen LogP contribution in [0.5, 0.6) is 0 Å². The zero-order chi connectivity index (χ0) is 43.6. The van der Waals surface area contributed by atoms with Crippen molar-refractivity contribution in [3.05, 3.63) is 178 Å². The molecule has 2 amide bonds. The number of pyridine rings is 2. The fourth-order valence-corrected chi connectivity index (χ4v) is 9.77. The van der Waals surface area contributed by atoms with Crippen LogP contribution in [0.15, 0.2) is 122 Å². The molecule has 4 heterocycles. The molecule has 0 fully saturated rings. The van der Waals surface area contributed by atoms with E-state index < -0.39 is 46.5 Å². The molecule has 2 aliphatic carbocycles. The smallest absolute Gasteiger partial charge is 0.284 e. The van der Waals surface area contributed by atoms with Gasteiger partial charge in [-0.05, 0) is 120 Å². The lowest BCUT2D eigenvalue weighted by Crippen LogP contribution is -2.28. The molecule has 4 aromatic carbocycles. The topological polar surface area (TPSA) is 121 Å². The highest BCUT2D eigenvalue weighted by molar-refractivity contribution is 7.17. The number of carbonyl (C=O) groups excluding carboxylic acids is 2. The van der Waals surface area contributed by atoms with Crippen LogP contribution in [-0.2, 0) is 25.7 Å². The molecule has 2 aliphatic rings. The summed E-state index contributed by atoms with van der Waals surface area (Å²) >= 11 is 2.47. The quantitative estimate of drug-likeness (QED) is 0.0869. The molecule has 63 heavy (non-hydrogen) atoms. The molecule has 0 saturated carbocycles. The van der Waals surface area contributed by atoms with Gasteiger partial charge in [0.05, 0.1) is 26.7 Å². The van der Waals surface area contributed by atoms with Crippen molar-refractivity contribution in [2.24, 2.45) is 0 Å². The summed E-state index contributed by atoms with van der Waals surface area (Å²) in [6, 6.07) is 26.8. The van der Waals surface area contributed by atoms with Crippen molar-refractivity contribution in [3.63, 3.8) is 0 Å². The SMILES string of the molecule is O=C(Nc1c(F)cccc1F)c1nc2c(s1)-c1cc(-c3ccc[n+](O)c3)ccc1CCC2.O=C(Nc1c(F)cccc1F)c1nc2c(s1)-c1cc(-c3cccnc3)ccc1CCC2. The van der Waals surface area contributed by atoms with E-state index in [1.54, 1.807) is 18.5 Å². The summed E-state index contributed by atoms with van der Waals surface area (Å²) in [6.45, 7) is 0. The van der Waals surface area contributed by atoms with Crippen molar-refractivity contribution in [3.8, 4) is 43.1 Å². The van der Waals surface area contributed by atoms with Gasteiger partial charge in [-0.2, -0.15) is 0 Å². The Bertz CT molecular complexity index is 3010. The number of nitrogens with one attached hydrogen (secondary N) is 2. The van der Waals surface area contributed by atoms with E-state index in [1.165, 1.54) is 46.6 Å². The van der Waals surface area contributed by atoms with Gasteiger partial charge in [-0.25, -0.2) is 27.5 Å². The molecule has 0 atom stereocenters. The number of benzene rings is 4. The van der Waals surface area contributed by atoms with E-state index in [4.69, 9.17) is 0 Å². The molecule has 8 aromatic rings. The third kappa shape index (κ3) is 8.70. The first-order chi connectivity index (χ1) is 30.6. The highest BCUT2D eigenvalue weighted by Gasteiger charge is 2.26. The minimum Gasteiger partial charge on any atom is -0.315 e. The molecule has 15 heteroatoms. The van der Waals surface area contributed by atoms with E-state index in [1.807, 2.05) is 36.5 Å². The van der Waals surface area contributed by atoms with E-state index in [-0.39, 0.29) is 10.0 Å². The number of halogens is 4. The fourth-order valence-electron chi connectivity index (χ4n) is 7.66. The summed E-state index contributed by atoms with van der Waals surface area (Å²) in [4.78, 5) is 40.5. The number of nitrogens with zero attached hydrogens (tertiary/aromatic N) is 4. The van der Waals surface area contributed by atoms with Crippen molar-refractivity contribution in [2.75, 3.05) is 10.6 Å². The Hall–Kier alpha value is -7.10. The zero-order valence-corrected chi connectivity index (χ0v) is 34.8. The van der Waals surface area contributed by atoms with E-state index in [9.17, 15) is 32.4 Å². The van der Waals surface area contributed by atoms with E-state index >= 15 is 0 Å². The summed E-state index contributed by atoms with van der Waals surface area (Å²) in [5.41, 5.74) is 8.89. The molecule has 4 aromatic heterocycles. The summed E-state index contributed by atoms with van der Waals surface area (Å²) < 4.78 is 56.8. The third-order valence-corrected chi connectivity index (χ3v) is 13.0. The summed E-state index contributed by atoms with van der Waals surface area (Å²) in [6.07, 6.45) is 11.8. The lowest BCUT2D eigenvalue weighted by atomic mass is 9.98. The molecule has 0 bridgehead atoms. The molecule has 0 saturated heterocycles. The number of rotatable bonds is 6. The van der Waals surface area contributed by atoms with E-state index in [0.29, 0.717) is 6.42 Å². The van der Waals surface area contributed by atoms with Crippen LogP contribution in [0.4, 0.5) is 28.9 Å². The number of amides is 2. The number of carbonyl (C=O) groups is 2. The second-order valence-electron chi connectivity index (χ2n) is 14.9. The van der Waals surface area contributed by atoms with Gasteiger partial charge in [-0.1, -0.05) is 42.5 Å².